The minimum Gasteiger partial charge on any atom is -0.328 e. The lowest BCUT2D eigenvalue weighted by Gasteiger charge is -2.27. The summed E-state index contributed by atoms with van der Waals surface area (Å²) >= 11 is 0. The van der Waals surface area contributed by atoms with Crippen LogP contribution in [0.4, 0.5) is 0 Å². The van der Waals surface area contributed by atoms with Crippen LogP contribution >= 0.6 is 59.2 Å². The molecule has 0 aliphatic heterocycles. The number of rotatable bonds is 32. The van der Waals surface area contributed by atoms with E-state index < -0.39 is 59.2 Å². The highest BCUT2D eigenvalue weighted by Gasteiger charge is 2.21. The van der Waals surface area contributed by atoms with Crippen LogP contribution in [0.25, 0.3) is 0 Å². The van der Waals surface area contributed by atoms with Crippen LogP contribution in [0.3, 0.4) is 0 Å². The third-order valence-electron chi connectivity index (χ3n) is 5.57. The zero-order chi connectivity index (χ0) is 38.5. The van der Waals surface area contributed by atoms with E-state index in [0.29, 0.717) is 39.3 Å². The second kappa shape index (κ2) is 34.6. The Balaban J connectivity index is 0. The van der Waals surface area contributed by atoms with Gasteiger partial charge in [-0.05, 0) is 13.1 Å². The highest BCUT2D eigenvalue weighted by Crippen LogP contribution is 2.28. The van der Waals surface area contributed by atoms with Gasteiger partial charge in [-0.2, -0.15) is 0 Å². The van der Waals surface area contributed by atoms with E-state index in [1.807, 2.05) is 13.8 Å². The maximum absolute atomic E-state index is 10.8. The molecule has 0 aromatic carbocycles. The zero-order valence-corrected chi connectivity index (χ0v) is 33.2. The molecule has 0 saturated carbocycles. The third kappa shape index (κ3) is 37.4. The van der Waals surface area contributed by atoms with Gasteiger partial charge < -0.3 is 39.1 Å². The Kier molecular flexibility index (Phi) is 36.8. The van der Waals surface area contributed by atoms with Crippen molar-refractivity contribution in [2.75, 3.05) is 99.5 Å². The summed E-state index contributed by atoms with van der Waals surface area (Å²) in [5.41, 5.74) is 0. The minimum absolute atomic E-state index is 0.0445. The first kappa shape index (κ1) is 53.2. The van der Waals surface area contributed by atoms with Crippen molar-refractivity contribution in [2.24, 2.45) is 0 Å². The summed E-state index contributed by atoms with van der Waals surface area (Å²) in [6.07, 6.45) is 0. The van der Waals surface area contributed by atoms with Gasteiger partial charge >= 0.3 is 59.2 Å². The molecule has 0 aliphatic carbocycles. The van der Waals surface area contributed by atoms with E-state index in [1.54, 1.807) is 14.7 Å². The molecule has 0 spiro atoms. The lowest BCUT2D eigenvalue weighted by atomic mass is 10.4. The van der Waals surface area contributed by atoms with Gasteiger partial charge in [-0.25, -0.2) is 0 Å². The topological polar surface area (TPSA) is 355 Å². The van der Waals surface area contributed by atoms with E-state index in [4.69, 9.17) is 58.4 Å². The summed E-state index contributed by atoms with van der Waals surface area (Å²) in [7, 11) is -18.5. The molecule has 0 bridgehead atoms. The Morgan fingerprint density at radius 3 is 0.840 bits per heavy atom. The molecule has 26 nitrogen and oxygen atoms in total. The number of likely N-dealkylation sites (N-methyl/N-ethyl adjacent to an activating group) is 2. The number of hydrogen-bond acceptors (Lipinski definition) is 23. The Bertz CT molecular complexity index is 858. The average molecular weight is 874 g/mol. The molecule has 0 fully saturated rings. The highest BCUT2D eigenvalue weighted by atomic mass is 31.2. The third-order valence-corrected chi connectivity index (χ3v) is 7.96. The van der Waals surface area contributed by atoms with Crippen LogP contribution in [-0.4, -0.2) is 178 Å². The van der Waals surface area contributed by atoms with Crippen LogP contribution in [0.1, 0.15) is 13.8 Å². The summed E-state index contributed by atoms with van der Waals surface area (Å²) < 4.78 is 64.5. The largest absolute Gasteiger partial charge is 0.696 e. The Morgan fingerprint density at radius 1 is 0.400 bits per heavy atom. The maximum Gasteiger partial charge on any atom is 0.696 e. The summed E-state index contributed by atoms with van der Waals surface area (Å²) in [5, 5.41) is 0. The SMILES string of the molecule is CCN(CCN(CCN(COP(O)O)COP(O)O)CO[P+](=O)O)CO[P+](=O)O.CCN(CCN(COP(O)O)COP(O)O)CO[P+](=O)O. The Morgan fingerprint density at radius 2 is 0.620 bits per heavy atom. The van der Waals surface area contributed by atoms with Crippen LogP contribution in [0.15, 0.2) is 0 Å². The zero-order valence-electron chi connectivity index (χ0n) is 27.0. The van der Waals surface area contributed by atoms with Gasteiger partial charge in [0, 0.05) is 53.0 Å². The fourth-order valence-corrected chi connectivity index (χ4v) is 4.83. The first-order valence-corrected chi connectivity index (χ1v) is 21.8. The van der Waals surface area contributed by atoms with E-state index in [-0.39, 0.29) is 60.2 Å². The van der Waals surface area contributed by atoms with Crippen molar-refractivity contribution < 1.29 is 99.2 Å². The fourth-order valence-electron chi connectivity index (χ4n) is 2.98. The number of hydrogen-bond donors (Lipinski definition) is 11. The van der Waals surface area contributed by atoms with Crippen LogP contribution < -0.4 is 0 Å². The van der Waals surface area contributed by atoms with Crippen LogP contribution in [-0.2, 0) is 45.4 Å². The molecule has 0 aliphatic rings. The fraction of sp³-hybridized carbons (Fsp3) is 1.00. The Hall–Kier alpha value is 1.10. The van der Waals surface area contributed by atoms with Gasteiger partial charge in [0.05, 0.1) is 0 Å². The molecule has 0 heterocycles. The van der Waals surface area contributed by atoms with E-state index in [2.05, 4.69) is 27.1 Å². The number of nitrogens with zero attached hydrogens (tertiary/aromatic N) is 5. The van der Waals surface area contributed by atoms with Crippen molar-refractivity contribution in [1.82, 2.24) is 24.5 Å². The average Bonchev–Trinajstić information content (AvgIpc) is 3.03. The van der Waals surface area contributed by atoms with Gasteiger partial charge in [0.2, 0.25) is 0 Å². The second-order valence-corrected chi connectivity index (χ2v) is 14.1. The smallest absolute Gasteiger partial charge is 0.328 e. The lowest BCUT2D eigenvalue weighted by molar-refractivity contribution is 0.0229. The van der Waals surface area contributed by atoms with Gasteiger partial charge in [0.15, 0.2) is 20.2 Å². The van der Waals surface area contributed by atoms with Gasteiger partial charge in [0.1, 0.15) is 26.9 Å². The first-order chi connectivity index (χ1) is 23.5. The molecule has 0 aromatic heterocycles. The molecule has 0 radical (unpaired) electrons. The quantitative estimate of drug-likeness (QED) is 0.0289. The van der Waals surface area contributed by atoms with Crippen molar-refractivity contribution in [1.29, 1.82) is 0 Å². The van der Waals surface area contributed by atoms with E-state index in [1.165, 1.54) is 9.80 Å². The summed E-state index contributed by atoms with van der Waals surface area (Å²) in [6, 6.07) is 0. The van der Waals surface area contributed by atoms with E-state index in [0.717, 1.165) is 0 Å². The summed E-state index contributed by atoms with van der Waals surface area (Å²) in [6.45, 7) is 5.33. The molecule has 3 atom stereocenters. The molecule has 298 valence electrons. The second-order valence-electron chi connectivity index (χ2n) is 8.86. The van der Waals surface area contributed by atoms with Gasteiger partial charge in [-0.1, -0.05) is 13.8 Å². The predicted molar refractivity (Wildman–Crippen MR) is 176 cm³/mol. The molecular formula is C17H47N5O21P7+3. The van der Waals surface area contributed by atoms with Crippen LogP contribution in [0.5, 0.6) is 0 Å². The normalized spacial score (nSPS) is 13.2. The van der Waals surface area contributed by atoms with Crippen molar-refractivity contribution in [3.63, 3.8) is 0 Å². The molecule has 0 amide bonds. The molecule has 0 saturated heterocycles. The summed E-state index contributed by atoms with van der Waals surface area (Å²) in [4.78, 5) is 104. The van der Waals surface area contributed by atoms with E-state index in [9.17, 15) is 13.7 Å². The standard InChI is InChI=1S/C10H25N3O12P4.C7H19N2O9P3/c1-2-11(7-22-26(14)15)3-4-12(8-23-27(16)17)5-6-13(9-24-28(18)19)10-25-29(20)21;1-2-8(5-16-19(10)11)3-4-9(6-17-20(12)13)7-18-21(14)15/h18-21H,2-10H2,1H3;12-15H,2-7H2,1H3/p+3. The molecule has 0 rings (SSSR count). The van der Waals surface area contributed by atoms with Crippen molar-refractivity contribution >= 4 is 59.2 Å². The Labute approximate surface area is 296 Å². The maximum atomic E-state index is 10.8. The molecular weight excluding hydrogens is 827 g/mol. The van der Waals surface area contributed by atoms with Crippen molar-refractivity contribution in [3.8, 4) is 0 Å². The monoisotopic (exact) mass is 874 g/mol. The molecule has 11 N–H and O–H groups in total. The molecule has 3 unspecified atom stereocenters. The minimum atomic E-state index is -2.83. The highest BCUT2D eigenvalue weighted by molar-refractivity contribution is 7.40. The van der Waals surface area contributed by atoms with Crippen LogP contribution in [0.2, 0.25) is 0 Å². The summed E-state index contributed by atoms with van der Waals surface area (Å²) in [5.74, 6) is 0. The van der Waals surface area contributed by atoms with Gasteiger partial charge in [-0.15, -0.1) is 28.3 Å². The van der Waals surface area contributed by atoms with Crippen molar-refractivity contribution in [3.05, 3.63) is 0 Å². The van der Waals surface area contributed by atoms with E-state index >= 15 is 0 Å². The van der Waals surface area contributed by atoms with Crippen LogP contribution in [0, 0.1) is 0 Å². The molecule has 50 heavy (non-hydrogen) atoms. The predicted octanol–water partition coefficient (Wildman–Crippen LogP) is -0.864. The van der Waals surface area contributed by atoms with Gasteiger partial charge in [0.25, 0.3) is 0 Å². The van der Waals surface area contributed by atoms with Crippen molar-refractivity contribution in [2.45, 2.75) is 13.8 Å². The molecule has 33 heteroatoms. The van der Waals surface area contributed by atoms with Gasteiger partial charge in [-0.3, -0.25) is 42.6 Å². The first-order valence-electron chi connectivity index (χ1n) is 13.7. The molecule has 0 aromatic rings. The lowest BCUT2D eigenvalue weighted by Crippen LogP contribution is -2.41.